The highest BCUT2D eigenvalue weighted by Crippen LogP contribution is 2.40. The van der Waals surface area contributed by atoms with Crippen LogP contribution in [0, 0.1) is 11.6 Å². The van der Waals surface area contributed by atoms with Crippen LogP contribution in [0.25, 0.3) is 21.3 Å². The molecule has 0 radical (unpaired) electrons. The van der Waals surface area contributed by atoms with Gasteiger partial charge in [-0.3, -0.25) is 14.8 Å². The van der Waals surface area contributed by atoms with Gasteiger partial charge in [0.15, 0.2) is 0 Å². The Kier molecular flexibility index (Phi) is 9.25. The fraction of sp³-hybridized carbons (Fsp3) is 0.321. The van der Waals surface area contributed by atoms with Crippen molar-refractivity contribution in [3.05, 3.63) is 76.0 Å². The Bertz CT molecular complexity index is 1410. The number of thiophene rings is 1. The Morgan fingerprint density at radius 2 is 1.87 bits per heavy atom. The molecule has 0 aliphatic heterocycles. The molecule has 2 aromatic carbocycles. The van der Waals surface area contributed by atoms with E-state index in [0.717, 1.165) is 66.7 Å². The van der Waals surface area contributed by atoms with Crippen LogP contribution in [0.1, 0.15) is 47.3 Å². The quantitative estimate of drug-likeness (QED) is 0.280. The molecule has 0 spiro atoms. The SMILES string of the molecule is CN.COc1ccc(-c2cnccn2)cc1CN(C(=O)c1sc2c(F)ccc(F)c2c1Cl)C1CCCCC1. The van der Waals surface area contributed by atoms with E-state index in [0.29, 0.717) is 11.4 Å². The van der Waals surface area contributed by atoms with E-state index in [9.17, 15) is 13.6 Å². The number of halogens is 3. The van der Waals surface area contributed by atoms with Gasteiger partial charge in [-0.05, 0) is 50.2 Å². The third-order valence-corrected chi connectivity index (χ3v) is 8.31. The lowest BCUT2D eigenvalue weighted by atomic mass is 9.93. The first-order valence-corrected chi connectivity index (χ1v) is 13.6. The van der Waals surface area contributed by atoms with Gasteiger partial charge in [0.25, 0.3) is 5.91 Å². The minimum absolute atomic E-state index is 0.0212. The average Bonchev–Trinajstić information content (AvgIpc) is 3.33. The zero-order valence-corrected chi connectivity index (χ0v) is 22.8. The summed E-state index contributed by atoms with van der Waals surface area (Å²) in [4.78, 5) is 24.4. The predicted octanol–water partition coefficient (Wildman–Crippen LogP) is 6.85. The Hall–Kier alpha value is -3.14. The topological polar surface area (TPSA) is 81.3 Å². The number of aromatic nitrogens is 2. The molecule has 2 N–H and O–H groups in total. The first-order valence-electron chi connectivity index (χ1n) is 12.4. The van der Waals surface area contributed by atoms with Crippen molar-refractivity contribution in [1.82, 2.24) is 14.9 Å². The monoisotopic (exact) mass is 558 g/mol. The number of methoxy groups -OCH3 is 1. The largest absolute Gasteiger partial charge is 0.496 e. The molecule has 1 fully saturated rings. The van der Waals surface area contributed by atoms with Crippen molar-refractivity contribution in [2.24, 2.45) is 5.73 Å². The van der Waals surface area contributed by atoms with Crippen LogP contribution >= 0.6 is 22.9 Å². The summed E-state index contributed by atoms with van der Waals surface area (Å²) in [6.07, 6.45) is 9.74. The van der Waals surface area contributed by atoms with Gasteiger partial charge in [0.1, 0.15) is 22.3 Å². The van der Waals surface area contributed by atoms with Crippen molar-refractivity contribution < 1.29 is 18.3 Å². The van der Waals surface area contributed by atoms with Crippen molar-refractivity contribution in [3.8, 4) is 17.0 Å². The number of nitrogens with two attached hydrogens (primary N) is 1. The summed E-state index contributed by atoms with van der Waals surface area (Å²) in [6, 6.07) is 7.75. The number of rotatable bonds is 6. The highest BCUT2D eigenvalue weighted by Gasteiger charge is 2.31. The van der Waals surface area contributed by atoms with E-state index in [2.05, 4.69) is 15.7 Å². The van der Waals surface area contributed by atoms with Gasteiger partial charge in [-0.2, -0.15) is 0 Å². The van der Waals surface area contributed by atoms with Crippen LogP contribution in [0.15, 0.2) is 48.9 Å². The normalized spacial score (nSPS) is 13.6. The number of benzene rings is 2. The van der Waals surface area contributed by atoms with E-state index in [-0.39, 0.29) is 38.5 Å². The summed E-state index contributed by atoms with van der Waals surface area (Å²) in [5, 5.41) is -0.0890. The number of carbonyl (C=O) groups excluding carboxylic acids is 1. The summed E-state index contributed by atoms with van der Waals surface area (Å²) in [6.45, 7) is 0.260. The summed E-state index contributed by atoms with van der Waals surface area (Å²) >= 11 is 7.39. The first kappa shape index (κ1) is 27.9. The van der Waals surface area contributed by atoms with E-state index in [4.69, 9.17) is 16.3 Å². The second kappa shape index (κ2) is 12.6. The molecule has 0 unspecified atom stereocenters. The fourth-order valence-electron chi connectivity index (χ4n) is 4.82. The van der Waals surface area contributed by atoms with Crippen LogP contribution < -0.4 is 10.5 Å². The molecule has 10 heteroatoms. The summed E-state index contributed by atoms with van der Waals surface area (Å²) in [7, 11) is 3.09. The maximum Gasteiger partial charge on any atom is 0.266 e. The maximum absolute atomic E-state index is 14.5. The average molecular weight is 559 g/mol. The van der Waals surface area contributed by atoms with E-state index in [1.54, 1.807) is 30.6 Å². The lowest BCUT2D eigenvalue weighted by Crippen LogP contribution is -2.40. The molecule has 0 saturated heterocycles. The Morgan fingerprint density at radius 3 is 2.53 bits per heavy atom. The van der Waals surface area contributed by atoms with Crippen LogP contribution in [0.5, 0.6) is 5.75 Å². The standard InChI is InChI=1S/C27H24ClF2N3O2S.CH5N/c1-35-22-10-7-16(21-14-31-11-12-32-21)13-17(22)15-33(18-5-3-2-4-6-18)27(34)26-24(28)23-19(29)8-9-20(30)25(23)36-26;1-2/h7-14,18H,2-6,15H2,1H3;2H2,1H3. The highest BCUT2D eigenvalue weighted by molar-refractivity contribution is 7.21. The lowest BCUT2D eigenvalue weighted by molar-refractivity contribution is 0.0618. The molecule has 2 aromatic heterocycles. The molecule has 0 atom stereocenters. The van der Waals surface area contributed by atoms with Crippen molar-refractivity contribution in [3.63, 3.8) is 0 Å². The summed E-state index contributed by atoms with van der Waals surface area (Å²) < 4.78 is 34.6. The van der Waals surface area contributed by atoms with Gasteiger partial charge in [0.05, 0.1) is 34.1 Å². The van der Waals surface area contributed by atoms with Crippen LogP contribution in [0.3, 0.4) is 0 Å². The van der Waals surface area contributed by atoms with Gasteiger partial charge in [0, 0.05) is 36.1 Å². The number of fused-ring (bicyclic) bond motifs is 1. The van der Waals surface area contributed by atoms with Gasteiger partial charge < -0.3 is 15.4 Å². The minimum Gasteiger partial charge on any atom is -0.496 e. The summed E-state index contributed by atoms with van der Waals surface area (Å²) in [5.74, 6) is -0.941. The van der Waals surface area contributed by atoms with Gasteiger partial charge in [0.2, 0.25) is 0 Å². The molecular formula is C28H29ClF2N4O2S. The third kappa shape index (κ3) is 5.65. The second-order valence-corrected chi connectivity index (χ2v) is 10.2. The van der Waals surface area contributed by atoms with Crippen molar-refractivity contribution in [1.29, 1.82) is 0 Å². The maximum atomic E-state index is 14.5. The number of ether oxygens (including phenoxy) is 1. The predicted molar refractivity (Wildman–Crippen MR) is 148 cm³/mol. The lowest BCUT2D eigenvalue weighted by Gasteiger charge is -2.34. The number of hydrogen-bond acceptors (Lipinski definition) is 6. The number of carbonyl (C=O) groups is 1. The second-order valence-electron chi connectivity index (χ2n) is 8.82. The molecule has 1 saturated carbocycles. The van der Waals surface area contributed by atoms with E-state index in [1.165, 1.54) is 7.05 Å². The fourth-order valence-corrected chi connectivity index (χ4v) is 6.32. The molecule has 2 heterocycles. The summed E-state index contributed by atoms with van der Waals surface area (Å²) in [5.41, 5.74) is 6.85. The van der Waals surface area contributed by atoms with Crippen LogP contribution in [0.2, 0.25) is 5.02 Å². The molecule has 1 aliphatic carbocycles. The van der Waals surface area contributed by atoms with Crippen LogP contribution in [-0.2, 0) is 6.54 Å². The van der Waals surface area contributed by atoms with E-state index in [1.807, 2.05) is 18.2 Å². The zero-order chi connectivity index (χ0) is 27.2. The highest BCUT2D eigenvalue weighted by atomic mass is 35.5. The number of nitrogens with zero attached hydrogens (tertiary/aromatic N) is 3. The van der Waals surface area contributed by atoms with Crippen molar-refractivity contribution in [2.45, 2.75) is 44.7 Å². The number of amides is 1. The molecule has 5 rings (SSSR count). The van der Waals surface area contributed by atoms with Gasteiger partial charge >= 0.3 is 0 Å². The molecule has 1 amide bonds. The number of hydrogen-bond donors (Lipinski definition) is 1. The molecule has 6 nitrogen and oxygen atoms in total. The van der Waals surface area contributed by atoms with Crippen molar-refractivity contribution >= 4 is 38.9 Å². The first-order chi connectivity index (χ1) is 18.5. The zero-order valence-electron chi connectivity index (χ0n) is 21.2. The Balaban J connectivity index is 0.00000164. The molecular weight excluding hydrogens is 530 g/mol. The van der Waals surface area contributed by atoms with Crippen molar-refractivity contribution in [2.75, 3.05) is 14.2 Å². The smallest absolute Gasteiger partial charge is 0.266 e. The molecule has 0 bridgehead atoms. The Morgan fingerprint density at radius 1 is 1.13 bits per heavy atom. The van der Waals surface area contributed by atoms with E-state index < -0.39 is 11.6 Å². The van der Waals surface area contributed by atoms with E-state index >= 15 is 0 Å². The van der Waals surface area contributed by atoms with Gasteiger partial charge in [-0.15, -0.1) is 11.3 Å². The Labute approximate surface area is 229 Å². The van der Waals surface area contributed by atoms with Gasteiger partial charge in [-0.25, -0.2) is 8.78 Å². The molecule has 4 aromatic rings. The molecule has 38 heavy (non-hydrogen) atoms. The van der Waals surface area contributed by atoms with Gasteiger partial charge in [-0.1, -0.05) is 30.9 Å². The third-order valence-electron chi connectivity index (χ3n) is 6.63. The van der Waals surface area contributed by atoms with Crippen LogP contribution in [-0.4, -0.2) is 41.0 Å². The molecule has 1 aliphatic rings. The van der Waals surface area contributed by atoms with Crippen LogP contribution in [0.4, 0.5) is 8.78 Å². The minimum atomic E-state index is -0.644. The molecule has 200 valence electrons.